The Morgan fingerprint density at radius 1 is 0.975 bits per heavy atom. The number of ether oxygens (including phenoxy) is 1. The van der Waals surface area contributed by atoms with Crippen molar-refractivity contribution in [3.63, 3.8) is 0 Å². The predicted molar refractivity (Wildman–Crippen MR) is 157 cm³/mol. The van der Waals surface area contributed by atoms with Crippen LogP contribution < -0.4 is 10.3 Å². The summed E-state index contributed by atoms with van der Waals surface area (Å²) in [5.41, 5.74) is 6.15. The van der Waals surface area contributed by atoms with Gasteiger partial charge in [-0.15, -0.1) is 5.10 Å². The van der Waals surface area contributed by atoms with Crippen LogP contribution in [-0.4, -0.2) is 37.2 Å². The quantitative estimate of drug-likeness (QED) is 0.239. The van der Waals surface area contributed by atoms with Gasteiger partial charge in [-0.3, -0.25) is 9.69 Å². The van der Waals surface area contributed by atoms with Crippen molar-refractivity contribution in [3.8, 4) is 5.75 Å². The van der Waals surface area contributed by atoms with E-state index < -0.39 is 0 Å². The SMILES string of the molecule is CCC(c1nnnn1CCc1ccccc1)N(Cc1ccc(OC)cc1)Cc1cc2ccc(C)c(C)c2[nH]c1=O. The zero-order valence-electron chi connectivity index (χ0n) is 23.6. The molecule has 3 aromatic carbocycles. The van der Waals surface area contributed by atoms with Gasteiger partial charge in [-0.1, -0.05) is 61.5 Å². The molecule has 206 valence electrons. The van der Waals surface area contributed by atoms with Crippen molar-refractivity contribution >= 4 is 10.9 Å². The molecule has 8 heteroatoms. The average molecular weight is 537 g/mol. The van der Waals surface area contributed by atoms with E-state index in [2.05, 4.69) is 75.7 Å². The van der Waals surface area contributed by atoms with E-state index in [9.17, 15) is 4.79 Å². The van der Waals surface area contributed by atoms with Crippen molar-refractivity contribution in [2.24, 2.45) is 0 Å². The summed E-state index contributed by atoms with van der Waals surface area (Å²) < 4.78 is 7.26. The van der Waals surface area contributed by atoms with Crippen LogP contribution in [0.1, 0.15) is 53.0 Å². The number of aryl methyl sites for hydroxylation is 4. The van der Waals surface area contributed by atoms with E-state index in [1.54, 1.807) is 7.11 Å². The zero-order valence-corrected chi connectivity index (χ0v) is 23.6. The highest BCUT2D eigenvalue weighted by molar-refractivity contribution is 5.83. The van der Waals surface area contributed by atoms with E-state index in [-0.39, 0.29) is 11.6 Å². The third-order valence-electron chi connectivity index (χ3n) is 7.69. The van der Waals surface area contributed by atoms with Crippen LogP contribution in [0.2, 0.25) is 0 Å². The second-order valence-electron chi connectivity index (χ2n) is 10.3. The molecular formula is C32H36N6O2. The molecular weight excluding hydrogens is 500 g/mol. The maximum Gasteiger partial charge on any atom is 0.252 e. The molecule has 2 aromatic heterocycles. The summed E-state index contributed by atoms with van der Waals surface area (Å²) in [7, 11) is 1.67. The predicted octanol–water partition coefficient (Wildman–Crippen LogP) is 5.54. The minimum Gasteiger partial charge on any atom is -0.497 e. The number of nitrogens with one attached hydrogen (secondary N) is 1. The number of methoxy groups -OCH3 is 1. The molecule has 1 atom stereocenters. The van der Waals surface area contributed by atoms with Crippen molar-refractivity contribution in [1.82, 2.24) is 30.1 Å². The third-order valence-corrected chi connectivity index (χ3v) is 7.69. The molecule has 5 rings (SSSR count). The minimum atomic E-state index is -0.0947. The number of fused-ring (bicyclic) bond motifs is 1. The molecule has 0 saturated heterocycles. The number of aromatic nitrogens is 5. The number of nitrogens with zero attached hydrogens (tertiary/aromatic N) is 5. The van der Waals surface area contributed by atoms with Gasteiger partial charge in [0.25, 0.3) is 5.56 Å². The molecule has 1 N–H and O–H groups in total. The molecule has 40 heavy (non-hydrogen) atoms. The van der Waals surface area contributed by atoms with Crippen molar-refractivity contribution in [2.75, 3.05) is 7.11 Å². The maximum atomic E-state index is 13.3. The summed E-state index contributed by atoms with van der Waals surface area (Å²) in [6.45, 7) is 8.00. The lowest BCUT2D eigenvalue weighted by Crippen LogP contribution is -2.32. The molecule has 0 aliphatic heterocycles. The van der Waals surface area contributed by atoms with Crippen LogP contribution >= 0.6 is 0 Å². The highest BCUT2D eigenvalue weighted by Gasteiger charge is 2.26. The molecule has 0 saturated carbocycles. The van der Waals surface area contributed by atoms with E-state index in [1.807, 2.05) is 48.0 Å². The fraction of sp³-hybridized carbons (Fsp3) is 0.312. The monoisotopic (exact) mass is 536 g/mol. The van der Waals surface area contributed by atoms with E-state index in [0.717, 1.165) is 52.0 Å². The van der Waals surface area contributed by atoms with Gasteiger partial charge in [-0.05, 0) is 83.0 Å². The number of tetrazole rings is 1. The Bertz CT molecular complexity index is 1630. The molecule has 5 aromatic rings. The van der Waals surface area contributed by atoms with Gasteiger partial charge in [-0.2, -0.15) is 0 Å². The highest BCUT2D eigenvalue weighted by atomic mass is 16.5. The third kappa shape index (κ3) is 5.97. The highest BCUT2D eigenvalue weighted by Crippen LogP contribution is 2.28. The number of aromatic amines is 1. The lowest BCUT2D eigenvalue weighted by Gasteiger charge is -2.30. The van der Waals surface area contributed by atoms with Crippen LogP contribution in [0, 0.1) is 13.8 Å². The number of H-pyrrole nitrogens is 1. The molecule has 2 heterocycles. The number of hydrogen-bond donors (Lipinski definition) is 1. The molecule has 8 nitrogen and oxygen atoms in total. The van der Waals surface area contributed by atoms with Crippen LogP contribution in [0.3, 0.4) is 0 Å². The molecule has 0 aliphatic rings. The van der Waals surface area contributed by atoms with Gasteiger partial charge in [0.1, 0.15) is 5.75 Å². The maximum absolute atomic E-state index is 13.3. The van der Waals surface area contributed by atoms with Crippen LogP contribution in [-0.2, 0) is 26.1 Å². The largest absolute Gasteiger partial charge is 0.497 e. The first-order valence-electron chi connectivity index (χ1n) is 13.8. The molecule has 0 bridgehead atoms. The van der Waals surface area contributed by atoms with Crippen LogP contribution in [0.15, 0.2) is 77.6 Å². The van der Waals surface area contributed by atoms with Gasteiger partial charge in [0, 0.05) is 25.2 Å². The first-order valence-corrected chi connectivity index (χ1v) is 13.8. The van der Waals surface area contributed by atoms with Crippen molar-refractivity contribution in [1.29, 1.82) is 0 Å². The first kappa shape index (κ1) is 27.3. The Hall–Kier alpha value is -4.30. The standard InChI is InChI=1S/C32H36N6O2/c1-5-29(31-34-35-36-38(31)18-17-24-9-7-6-8-10-24)37(20-25-12-15-28(40-4)16-13-25)21-27-19-26-14-11-22(2)23(3)30(26)33-32(27)39/h6-16,19,29H,5,17-18,20-21H2,1-4H3,(H,33,39). The molecule has 1 unspecified atom stereocenters. The smallest absolute Gasteiger partial charge is 0.252 e. The Morgan fingerprint density at radius 3 is 2.48 bits per heavy atom. The number of rotatable bonds is 11. The van der Waals surface area contributed by atoms with Crippen LogP contribution in [0.5, 0.6) is 5.75 Å². The Morgan fingerprint density at radius 2 is 1.75 bits per heavy atom. The normalized spacial score (nSPS) is 12.2. The van der Waals surface area contributed by atoms with Gasteiger partial charge in [0.15, 0.2) is 5.82 Å². The van der Waals surface area contributed by atoms with Gasteiger partial charge in [0.2, 0.25) is 0 Å². The number of pyridine rings is 1. The van der Waals surface area contributed by atoms with E-state index in [1.165, 1.54) is 5.56 Å². The van der Waals surface area contributed by atoms with E-state index in [0.29, 0.717) is 25.2 Å². The second-order valence-corrected chi connectivity index (χ2v) is 10.3. The zero-order chi connectivity index (χ0) is 28.1. The lowest BCUT2D eigenvalue weighted by molar-refractivity contribution is 0.160. The van der Waals surface area contributed by atoms with Crippen LogP contribution in [0.4, 0.5) is 0 Å². The van der Waals surface area contributed by atoms with Crippen molar-refractivity contribution in [3.05, 3.63) is 117 Å². The molecule has 0 fully saturated rings. The Kier molecular flexibility index (Phi) is 8.36. The van der Waals surface area contributed by atoms with Gasteiger partial charge >= 0.3 is 0 Å². The van der Waals surface area contributed by atoms with E-state index >= 15 is 0 Å². The topological polar surface area (TPSA) is 88.9 Å². The fourth-order valence-corrected chi connectivity index (χ4v) is 5.24. The first-order chi connectivity index (χ1) is 19.5. The summed E-state index contributed by atoms with van der Waals surface area (Å²) >= 11 is 0. The summed E-state index contributed by atoms with van der Waals surface area (Å²) in [5, 5.41) is 13.9. The summed E-state index contributed by atoms with van der Waals surface area (Å²) in [5.74, 6) is 1.61. The Labute approximate surface area is 234 Å². The number of benzene rings is 3. The number of hydrogen-bond acceptors (Lipinski definition) is 6. The van der Waals surface area contributed by atoms with Crippen molar-refractivity contribution in [2.45, 2.75) is 59.3 Å². The fourth-order valence-electron chi connectivity index (χ4n) is 5.24. The second kappa shape index (κ2) is 12.3. The molecule has 0 aliphatic carbocycles. The Balaban J connectivity index is 1.49. The van der Waals surface area contributed by atoms with E-state index in [4.69, 9.17) is 4.74 Å². The average Bonchev–Trinajstić information content (AvgIpc) is 3.44. The van der Waals surface area contributed by atoms with Gasteiger partial charge in [-0.25, -0.2) is 4.68 Å². The molecule has 0 amide bonds. The van der Waals surface area contributed by atoms with Gasteiger partial charge in [0.05, 0.1) is 18.7 Å². The summed E-state index contributed by atoms with van der Waals surface area (Å²) in [6, 6.07) is 24.5. The van der Waals surface area contributed by atoms with Crippen LogP contribution in [0.25, 0.3) is 10.9 Å². The van der Waals surface area contributed by atoms with Gasteiger partial charge < -0.3 is 9.72 Å². The van der Waals surface area contributed by atoms with Crippen molar-refractivity contribution < 1.29 is 4.74 Å². The minimum absolute atomic E-state index is 0.0700. The summed E-state index contributed by atoms with van der Waals surface area (Å²) in [6.07, 6.45) is 1.61. The molecule has 0 radical (unpaired) electrons. The molecule has 0 spiro atoms. The summed E-state index contributed by atoms with van der Waals surface area (Å²) in [4.78, 5) is 18.8. The lowest BCUT2D eigenvalue weighted by atomic mass is 10.0.